The van der Waals surface area contributed by atoms with Gasteiger partial charge in [0.15, 0.2) is 0 Å². The summed E-state index contributed by atoms with van der Waals surface area (Å²) in [6.45, 7) is 8.18. The molecule has 2 N–H and O–H groups in total. The van der Waals surface area contributed by atoms with Crippen LogP contribution in [0.5, 0.6) is 0 Å². The number of benzene rings is 1. The third kappa shape index (κ3) is 5.68. The minimum absolute atomic E-state index is 0.229. The van der Waals surface area contributed by atoms with Gasteiger partial charge in [0.1, 0.15) is 6.26 Å². The van der Waals surface area contributed by atoms with E-state index in [2.05, 4.69) is 58.6 Å². The zero-order chi connectivity index (χ0) is 19.8. The minimum Gasteiger partial charge on any atom is -0.443 e. The van der Waals surface area contributed by atoms with E-state index in [0.717, 1.165) is 30.1 Å². The maximum Gasteiger partial charge on any atom is 0.315 e. The number of carbonyl (C=O) groups excluding carboxylic acids is 1. The Bertz CT molecular complexity index is 855. The number of nitrogens with zero attached hydrogens (tertiary/aromatic N) is 2. The highest BCUT2D eigenvalue weighted by molar-refractivity contribution is 7.13. The van der Waals surface area contributed by atoms with Crippen molar-refractivity contribution in [3.05, 3.63) is 64.9 Å². The predicted octanol–water partition coefficient (Wildman–Crippen LogP) is 4.24. The average molecular weight is 399 g/mol. The number of oxazole rings is 1. The van der Waals surface area contributed by atoms with Crippen LogP contribution in [0.3, 0.4) is 0 Å². The Morgan fingerprint density at radius 3 is 2.46 bits per heavy atom. The summed E-state index contributed by atoms with van der Waals surface area (Å²) < 4.78 is 5.45. The molecule has 7 heteroatoms. The first-order valence-corrected chi connectivity index (χ1v) is 10.4. The molecule has 1 aromatic carbocycles. The highest BCUT2D eigenvalue weighted by Crippen LogP contribution is 2.23. The van der Waals surface area contributed by atoms with Gasteiger partial charge in [-0.3, -0.25) is 4.90 Å². The monoisotopic (exact) mass is 398 g/mol. The zero-order valence-electron chi connectivity index (χ0n) is 16.3. The molecule has 0 bridgehead atoms. The standard InChI is InChI=1S/C21H26N4O2S/c1-3-25(4-2)14-17-9-7-16(8-10-17)12-22-21(26)23-13-18-15-27-20(24-18)19-6-5-11-28-19/h5-11,15H,3-4,12-14H2,1-2H3,(H2,22,23,26). The van der Waals surface area contributed by atoms with Crippen LogP contribution in [0.2, 0.25) is 0 Å². The largest absolute Gasteiger partial charge is 0.443 e. The molecule has 0 aliphatic heterocycles. The molecule has 2 heterocycles. The molecule has 0 spiro atoms. The number of carbonyl (C=O) groups is 1. The predicted molar refractivity (Wildman–Crippen MR) is 112 cm³/mol. The third-order valence-corrected chi connectivity index (χ3v) is 5.35. The van der Waals surface area contributed by atoms with Crippen LogP contribution in [0.4, 0.5) is 4.79 Å². The molecular weight excluding hydrogens is 372 g/mol. The van der Waals surface area contributed by atoms with Crippen LogP contribution in [0.1, 0.15) is 30.7 Å². The van der Waals surface area contributed by atoms with Gasteiger partial charge in [0.05, 0.1) is 17.1 Å². The van der Waals surface area contributed by atoms with Crippen LogP contribution in [-0.4, -0.2) is 29.0 Å². The Kier molecular flexibility index (Phi) is 7.22. The molecule has 148 valence electrons. The van der Waals surface area contributed by atoms with Crippen LogP contribution in [-0.2, 0) is 19.6 Å². The second-order valence-electron chi connectivity index (χ2n) is 6.44. The Morgan fingerprint density at radius 1 is 1.07 bits per heavy atom. The summed E-state index contributed by atoms with van der Waals surface area (Å²) in [6, 6.07) is 12.0. The van der Waals surface area contributed by atoms with E-state index in [1.54, 1.807) is 17.6 Å². The van der Waals surface area contributed by atoms with Gasteiger partial charge in [-0.2, -0.15) is 0 Å². The van der Waals surface area contributed by atoms with E-state index in [9.17, 15) is 4.79 Å². The summed E-state index contributed by atoms with van der Waals surface area (Å²) in [6.07, 6.45) is 1.57. The van der Waals surface area contributed by atoms with Crippen molar-refractivity contribution in [3.8, 4) is 10.8 Å². The molecule has 0 saturated carbocycles. The van der Waals surface area contributed by atoms with Gasteiger partial charge in [-0.05, 0) is 35.7 Å². The van der Waals surface area contributed by atoms with Gasteiger partial charge in [0, 0.05) is 13.1 Å². The fourth-order valence-electron chi connectivity index (χ4n) is 2.79. The van der Waals surface area contributed by atoms with Crippen LogP contribution in [0.15, 0.2) is 52.5 Å². The van der Waals surface area contributed by atoms with Crippen molar-refractivity contribution in [1.29, 1.82) is 0 Å². The summed E-state index contributed by atoms with van der Waals surface area (Å²) in [5.41, 5.74) is 3.05. The van der Waals surface area contributed by atoms with Crippen LogP contribution in [0, 0.1) is 0 Å². The van der Waals surface area contributed by atoms with E-state index in [-0.39, 0.29) is 6.03 Å². The molecule has 28 heavy (non-hydrogen) atoms. The van der Waals surface area contributed by atoms with Gasteiger partial charge in [-0.25, -0.2) is 9.78 Å². The highest BCUT2D eigenvalue weighted by Gasteiger charge is 2.09. The minimum atomic E-state index is -0.229. The van der Waals surface area contributed by atoms with Gasteiger partial charge in [-0.15, -0.1) is 11.3 Å². The van der Waals surface area contributed by atoms with Gasteiger partial charge in [0.25, 0.3) is 0 Å². The molecule has 0 aliphatic carbocycles. The molecule has 0 saturated heterocycles. The SMILES string of the molecule is CCN(CC)Cc1ccc(CNC(=O)NCc2coc(-c3cccs3)n2)cc1. The van der Waals surface area contributed by atoms with E-state index >= 15 is 0 Å². The van der Waals surface area contributed by atoms with E-state index in [1.807, 2.05) is 17.5 Å². The number of thiophene rings is 1. The third-order valence-electron chi connectivity index (χ3n) is 4.49. The van der Waals surface area contributed by atoms with Gasteiger partial charge >= 0.3 is 6.03 Å². The van der Waals surface area contributed by atoms with E-state index in [4.69, 9.17) is 4.42 Å². The van der Waals surface area contributed by atoms with Gasteiger partial charge < -0.3 is 15.1 Å². The molecule has 0 fully saturated rings. The number of hydrogen-bond acceptors (Lipinski definition) is 5. The van der Waals surface area contributed by atoms with E-state index < -0.39 is 0 Å². The number of hydrogen-bond donors (Lipinski definition) is 2. The Hall–Kier alpha value is -2.64. The smallest absolute Gasteiger partial charge is 0.315 e. The molecule has 6 nitrogen and oxygen atoms in total. The second kappa shape index (κ2) is 10.1. The topological polar surface area (TPSA) is 70.4 Å². The first-order chi connectivity index (χ1) is 13.7. The summed E-state index contributed by atoms with van der Waals surface area (Å²) in [5.74, 6) is 0.581. The number of amides is 2. The van der Waals surface area contributed by atoms with E-state index in [1.165, 1.54) is 5.56 Å². The summed E-state index contributed by atoms with van der Waals surface area (Å²) in [5, 5.41) is 7.65. The quantitative estimate of drug-likeness (QED) is 0.565. The Labute approximate surface area is 169 Å². The molecule has 0 unspecified atom stereocenters. The lowest BCUT2D eigenvalue weighted by atomic mass is 10.1. The van der Waals surface area contributed by atoms with Crippen molar-refractivity contribution < 1.29 is 9.21 Å². The van der Waals surface area contributed by atoms with Crippen LogP contribution in [0.25, 0.3) is 10.8 Å². The summed E-state index contributed by atoms with van der Waals surface area (Å²) in [7, 11) is 0. The maximum atomic E-state index is 12.0. The summed E-state index contributed by atoms with van der Waals surface area (Å²) in [4.78, 5) is 19.8. The zero-order valence-corrected chi connectivity index (χ0v) is 17.1. The Morgan fingerprint density at radius 2 is 1.79 bits per heavy atom. The molecule has 2 amide bonds. The first kappa shape index (κ1) is 20.1. The highest BCUT2D eigenvalue weighted by atomic mass is 32.1. The Balaban J connectivity index is 1.42. The normalized spacial score (nSPS) is 11.0. The van der Waals surface area contributed by atoms with Gasteiger partial charge in [0.2, 0.25) is 5.89 Å². The van der Waals surface area contributed by atoms with Crippen molar-refractivity contribution in [2.24, 2.45) is 0 Å². The van der Waals surface area contributed by atoms with Crippen molar-refractivity contribution in [2.75, 3.05) is 13.1 Å². The van der Waals surface area contributed by atoms with Gasteiger partial charge in [-0.1, -0.05) is 44.2 Å². The van der Waals surface area contributed by atoms with Crippen molar-refractivity contribution >= 4 is 17.4 Å². The summed E-state index contributed by atoms with van der Waals surface area (Å²) >= 11 is 1.57. The molecule has 0 radical (unpaired) electrons. The van der Waals surface area contributed by atoms with Crippen molar-refractivity contribution in [1.82, 2.24) is 20.5 Å². The molecule has 3 aromatic rings. The second-order valence-corrected chi connectivity index (χ2v) is 7.38. The molecule has 0 aliphatic rings. The fraction of sp³-hybridized carbons (Fsp3) is 0.333. The lowest BCUT2D eigenvalue weighted by Gasteiger charge is -2.18. The average Bonchev–Trinajstić information content (AvgIpc) is 3.41. The molecule has 2 aromatic heterocycles. The van der Waals surface area contributed by atoms with Crippen molar-refractivity contribution in [2.45, 2.75) is 33.5 Å². The molecule has 3 rings (SSSR count). The lowest BCUT2D eigenvalue weighted by molar-refractivity contribution is 0.240. The number of rotatable bonds is 9. The van der Waals surface area contributed by atoms with Crippen LogP contribution < -0.4 is 10.6 Å². The maximum absolute atomic E-state index is 12.0. The molecular formula is C21H26N4O2S. The molecule has 0 atom stereocenters. The van der Waals surface area contributed by atoms with Crippen molar-refractivity contribution in [3.63, 3.8) is 0 Å². The number of nitrogens with one attached hydrogen (secondary N) is 2. The first-order valence-electron chi connectivity index (χ1n) is 9.48. The van der Waals surface area contributed by atoms with E-state index in [0.29, 0.717) is 24.7 Å². The fourth-order valence-corrected chi connectivity index (χ4v) is 3.44. The van der Waals surface area contributed by atoms with Crippen LogP contribution >= 0.6 is 11.3 Å². The number of aromatic nitrogens is 1. The number of urea groups is 1. The lowest BCUT2D eigenvalue weighted by Crippen LogP contribution is -2.34.